The average Bonchev–Trinajstić information content (AvgIpc) is 2.47. The van der Waals surface area contributed by atoms with E-state index in [-0.39, 0.29) is 24.1 Å². The van der Waals surface area contributed by atoms with Gasteiger partial charge in [-0.15, -0.1) is 0 Å². The van der Waals surface area contributed by atoms with Crippen LogP contribution in [0.5, 0.6) is 0 Å². The van der Waals surface area contributed by atoms with Crippen molar-refractivity contribution in [2.24, 2.45) is 5.41 Å². The van der Waals surface area contributed by atoms with Gasteiger partial charge in [-0.25, -0.2) is 8.42 Å². The molecule has 134 valence electrons. The van der Waals surface area contributed by atoms with E-state index in [1.165, 1.54) is 11.9 Å². The number of sulfonamides is 1. The number of carbonyl (C=O) groups excluding carboxylic acids is 2. The molecule has 2 amide bonds. The molecule has 0 N–H and O–H groups in total. The second-order valence-corrected chi connectivity index (χ2v) is 9.67. The van der Waals surface area contributed by atoms with Crippen LogP contribution in [-0.2, 0) is 19.6 Å². The largest absolute Gasteiger partial charge is 0.353 e. The molecule has 2 aliphatic rings. The lowest BCUT2D eigenvalue weighted by Gasteiger charge is -2.48. The molecule has 2 rings (SSSR count). The van der Waals surface area contributed by atoms with Crippen LogP contribution in [0.2, 0.25) is 0 Å². The maximum absolute atomic E-state index is 13.1. The van der Waals surface area contributed by atoms with Crippen LogP contribution in [0.15, 0.2) is 0 Å². The highest BCUT2D eigenvalue weighted by molar-refractivity contribution is 7.89. The number of hydrogen-bond donors (Lipinski definition) is 0. The number of imide groups is 1. The SMILES string of the molecule is [B]N1CCC(N2C(=O)CC(C)(C)C(N(C)S(=O)(=O)CC)C2=O)CC1. The van der Waals surface area contributed by atoms with Crippen molar-refractivity contribution in [2.45, 2.75) is 52.1 Å². The molecule has 0 aliphatic carbocycles. The maximum Gasteiger partial charge on any atom is 0.248 e. The normalized spacial score (nSPS) is 27.0. The van der Waals surface area contributed by atoms with Gasteiger partial charge in [0, 0.05) is 19.5 Å². The minimum Gasteiger partial charge on any atom is -0.353 e. The predicted octanol–water partition coefficient (Wildman–Crippen LogP) is -0.0305. The zero-order chi connectivity index (χ0) is 18.3. The van der Waals surface area contributed by atoms with E-state index in [1.807, 2.05) is 0 Å². The summed E-state index contributed by atoms with van der Waals surface area (Å²) in [5.74, 6) is -0.715. The van der Waals surface area contributed by atoms with E-state index in [1.54, 1.807) is 25.6 Å². The van der Waals surface area contributed by atoms with Gasteiger partial charge < -0.3 is 4.81 Å². The molecule has 9 heteroatoms. The summed E-state index contributed by atoms with van der Waals surface area (Å²) in [5, 5.41) is 0. The van der Waals surface area contributed by atoms with Gasteiger partial charge in [-0.05, 0) is 38.3 Å². The van der Waals surface area contributed by atoms with Gasteiger partial charge in [0.25, 0.3) is 0 Å². The van der Waals surface area contributed by atoms with Crippen molar-refractivity contribution in [3.8, 4) is 0 Å². The summed E-state index contributed by atoms with van der Waals surface area (Å²) in [4.78, 5) is 28.6. The van der Waals surface area contributed by atoms with E-state index in [9.17, 15) is 18.0 Å². The van der Waals surface area contributed by atoms with E-state index >= 15 is 0 Å². The molecule has 0 aromatic rings. The first-order valence-corrected chi connectivity index (χ1v) is 9.93. The molecule has 2 aliphatic heterocycles. The van der Waals surface area contributed by atoms with Crippen molar-refractivity contribution in [3.05, 3.63) is 0 Å². The number of amides is 2. The monoisotopic (exact) mass is 355 g/mol. The Bertz CT molecular complexity index is 614. The van der Waals surface area contributed by atoms with E-state index in [2.05, 4.69) is 0 Å². The summed E-state index contributed by atoms with van der Waals surface area (Å²) in [6.07, 6.45) is 1.38. The Kier molecular flexibility index (Phi) is 5.47. The molecule has 0 bridgehead atoms. The van der Waals surface area contributed by atoms with Gasteiger partial charge in [0.2, 0.25) is 21.8 Å². The molecule has 7 nitrogen and oxygen atoms in total. The number of piperidine rings is 2. The third kappa shape index (κ3) is 3.53. The van der Waals surface area contributed by atoms with Gasteiger partial charge >= 0.3 is 0 Å². The third-order valence-electron chi connectivity index (χ3n) is 5.12. The molecule has 2 heterocycles. The molecule has 2 fully saturated rings. The Morgan fingerprint density at radius 2 is 1.79 bits per heavy atom. The molecule has 1 atom stereocenters. The van der Waals surface area contributed by atoms with Crippen molar-refractivity contribution in [3.63, 3.8) is 0 Å². The molecule has 0 aromatic heterocycles. The van der Waals surface area contributed by atoms with E-state index in [4.69, 9.17) is 7.98 Å². The fraction of sp³-hybridized carbons (Fsp3) is 0.867. The Balaban J connectivity index is 2.33. The number of hydrogen-bond acceptors (Lipinski definition) is 5. The molecule has 0 aromatic carbocycles. The number of carbonyl (C=O) groups is 2. The lowest BCUT2D eigenvalue weighted by molar-refractivity contribution is -0.161. The van der Waals surface area contributed by atoms with Crippen LogP contribution >= 0.6 is 0 Å². The summed E-state index contributed by atoms with van der Waals surface area (Å²) < 4.78 is 25.7. The highest BCUT2D eigenvalue weighted by atomic mass is 32.2. The highest BCUT2D eigenvalue weighted by Gasteiger charge is 2.52. The number of nitrogens with zero attached hydrogens (tertiary/aromatic N) is 3. The van der Waals surface area contributed by atoms with Gasteiger partial charge in [0.15, 0.2) is 7.98 Å². The Labute approximate surface area is 145 Å². The van der Waals surface area contributed by atoms with Crippen molar-refractivity contribution >= 4 is 29.8 Å². The molecule has 1 unspecified atom stereocenters. The van der Waals surface area contributed by atoms with Crippen LogP contribution in [-0.4, -0.2) is 80.2 Å². The van der Waals surface area contributed by atoms with E-state index in [0.29, 0.717) is 25.9 Å². The van der Waals surface area contributed by atoms with Crippen LogP contribution < -0.4 is 0 Å². The van der Waals surface area contributed by atoms with Crippen molar-refractivity contribution < 1.29 is 18.0 Å². The Hall–Kier alpha value is -0.925. The van der Waals surface area contributed by atoms with Crippen LogP contribution in [0.25, 0.3) is 0 Å². The fourth-order valence-electron chi connectivity index (χ4n) is 3.70. The summed E-state index contributed by atoms with van der Waals surface area (Å²) in [6.45, 7) is 6.31. The lowest BCUT2D eigenvalue weighted by atomic mass is 9.76. The molecular formula is C15H26BN3O4S. The summed E-state index contributed by atoms with van der Waals surface area (Å²) in [7, 11) is 3.64. The maximum atomic E-state index is 13.1. The molecule has 2 radical (unpaired) electrons. The minimum atomic E-state index is -3.54. The zero-order valence-electron chi connectivity index (χ0n) is 14.9. The van der Waals surface area contributed by atoms with Gasteiger partial charge in [-0.1, -0.05) is 13.8 Å². The molecule has 0 saturated carbocycles. The van der Waals surface area contributed by atoms with Crippen molar-refractivity contribution in [2.75, 3.05) is 25.9 Å². The van der Waals surface area contributed by atoms with Crippen LogP contribution in [0, 0.1) is 5.41 Å². The van der Waals surface area contributed by atoms with Gasteiger partial charge in [0.1, 0.15) is 6.04 Å². The number of rotatable bonds is 4. The molecule has 2 saturated heterocycles. The molecule has 0 spiro atoms. The Morgan fingerprint density at radius 3 is 2.29 bits per heavy atom. The summed E-state index contributed by atoms with van der Waals surface area (Å²) in [6, 6.07) is -1.07. The Morgan fingerprint density at radius 1 is 1.25 bits per heavy atom. The first-order valence-electron chi connectivity index (χ1n) is 8.32. The lowest BCUT2D eigenvalue weighted by Crippen LogP contribution is -2.65. The summed E-state index contributed by atoms with van der Waals surface area (Å²) >= 11 is 0. The second-order valence-electron chi connectivity index (χ2n) is 7.35. The smallest absolute Gasteiger partial charge is 0.248 e. The van der Waals surface area contributed by atoms with Crippen molar-refractivity contribution in [1.29, 1.82) is 0 Å². The van der Waals surface area contributed by atoms with Crippen LogP contribution in [0.3, 0.4) is 0 Å². The quantitative estimate of drug-likeness (QED) is 0.523. The average molecular weight is 355 g/mol. The minimum absolute atomic E-state index is 0.0805. The van der Waals surface area contributed by atoms with Crippen LogP contribution in [0.1, 0.15) is 40.0 Å². The van der Waals surface area contributed by atoms with E-state index in [0.717, 1.165) is 4.31 Å². The topological polar surface area (TPSA) is 78.0 Å². The second kappa shape index (κ2) is 6.76. The third-order valence-corrected chi connectivity index (χ3v) is 6.94. The summed E-state index contributed by atoms with van der Waals surface area (Å²) in [5.41, 5.74) is -0.740. The first kappa shape index (κ1) is 19.4. The molecule has 24 heavy (non-hydrogen) atoms. The van der Waals surface area contributed by atoms with E-state index < -0.39 is 27.4 Å². The van der Waals surface area contributed by atoms with Gasteiger partial charge in [-0.3, -0.25) is 14.5 Å². The van der Waals surface area contributed by atoms with Crippen molar-refractivity contribution in [1.82, 2.24) is 14.0 Å². The standard InChI is InChI=1S/C15H26BN3O4S/c1-5-24(22,23)17(4)13-14(21)19(12(20)10-15(13,2)3)11-6-8-18(16)9-7-11/h11,13H,5-10H2,1-4H3. The predicted molar refractivity (Wildman–Crippen MR) is 91.6 cm³/mol. The van der Waals surface area contributed by atoms with Gasteiger partial charge in [0.05, 0.1) is 5.75 Å². The highest BCUT2D eigenvalue weighted by Crippen LogP contribution is 2.38. The number of likely N-dealkylation sites (N-methyl/N-ethyl adjacent to an activating group) is 1. The zero-order valence-corrected chi connectivity index (χ0v) is 15.7. The fourth-order valence-corrected chi connectivity index (χ4v) is 4.80. The van der Waals surface area contributed by atoms with Gasteiger partial charge in [-0.2, -0.15) is 4.31 Å². The first-order chi connectivity index (χ1) is 11.0. The number of likely N-dealkylation sites (tertiary alicyclic amines) is 1. The molecular weight excluding hydrogens is 329 g/mol. The van der Waals surface area contributed by atoms with Crippen LogP contribution in [0.4, 0.5) is 0 Å².